The molecule has 1 aliphatic rings. The Bertz CT molecular complexity index is 945. The van der Waals surface area contributed by atoms with Crippen molar-refractivity contribution in [3.05, 3.63) is 66.3 Å². The van der Waals surface area contributed by atoms with E-state index in [0.717, 1.165) is 19.3 Å². The van der Waals surface area contributed by atoms with Crippen LogP contribution in [0.15, 0.2) is 59.1 Å². The Morgan fingerprint density at radius 2 is 2.04 bits per heavy atom. The summed E-state index contributed by atoms with van der Waals surface area (Å²) in [5.41, 5.74) is 0.538. The van der Waals surface area contributed by atoms with E-state index in [4.69, 9.17) is 9.26 Å². The highest BCUT2D eigenvalue weighted by molar-refractivity contribution is 5.78. The highest BCUT2D eigenvalue weighted by Gasteiger charge is 2.32. The minimum absolute atomic E-state index is 0.0502. The zero-order valence-electron chi connectivity index (χ0n) is 15.3. The normalized spacial score (nSPS) is 16.8. The zero-order chi connectivity index (χ0) is 19.3. The van der Waals surface area contributed by atoms with Crippen LogP contribution < -0.4 is 4.74 Å². The van der Waals surface area contributed by atoms with Crippen LogP contribution >= 0.6 is 0 Å². The average Bonchev–Trinajstić information content (AvgIpc) is 3.23. The Labute approximate surface area is 161 Å². The van der Waals surface area contributed by atoms with Gasteiger partial charge in [-0.05, 0) is 43.5 Å². The average molecular weight is 381 g/mol. The lowest BCUT2D eigenvalue weighted by Gasteiger charge is -2.33. The van der Waals surface area contributed by atoms with E-state index in [-0.39, 0.29) is 24.4 Å². The van der Waals surface area contributed by atoms with E-state index in [0.29, 0.717) is 29.6 Å². The second-order valence-corrected chi connectivity index (χ2v) is 6.67. The van der Waals surface area contributed by atoms with Gasteiger partial charge in [-0.2, -0.15) is 4.98 Å². The number of likely N-dealkylation sites (tertiary alicyclic amines) is 1. The molecule has 1 amide bonds. The van der Waals surface area contributed by atoms with E-state index in [1.54, 1.807) is 17.0 Å². The Morgan fingerprint density at radius 3 is 2.86 bits per heavy atom. The van der Waals surface area contributed by atoms with Crippen molar-refractivity contribution < 1.29 is 18.4 Å². The highest BCUT2D eigenvalue weighted by atomic mass is 19.1. The summed E-state index contributed by atoms with van der Waals surface area (Å²) < 4.78 is 24.5. The summed E-state index contributed by atoms with van der Waals surface area (Å²) in [6, 6.07) is 15.0. The Hall–Kier alpha value is -3.22. The Kier molecular flexibility index (Phi) is 5.32. The summed E-state index contributed by atoms with van der Waals surface area (Å²) in [6.07, 6.45) is 2.62. The first-order valence-corrected chi connectivity index (χ1v) is 9.27. The predicted octanol–water partition coefficient (Wildman–Crippen LogP) is 4.01. The van der Waals surface area contributed by atoms with Crippen molar-refractivity contribution in [1.29, 1.82) is 0 Å². The van der Waals surface area contributed by atoms with Crippen molar-refractivity contribution >= 4 is 5.91 Å². The molecule has 1 aliphatic heterocycles. The molecule has 0 radical (unpaired) electrons. The lowest BCUT2D eigenvalue weighted by Crippen LogP contribution is -2.41. The SMILES string of the molecule is O=C(COc1ccccc1)N1CCCC[C@@H]1c1nc(-c2cccc(F)c2)no1. The summed E-state index contributed by atoms with van der Waals surface area (Å²) in [5.74, 6) is 0.839. The molecule has 1 saturated heterocycles. The molecule has 1 aromatic heterocycles. The summed E-state index contributed by atoms with van der Waals surface area (Å²) in [5, 5.41) is 3.97. The molecule has 28 heavy (non-hydrogen) atoms. The van der Waals surface area contributed by atoms with Crippen LogP contribution in [0.3, 0.4) is 0 Å². The maximum Gasteiger partial charge on any atom is 0.261 e. The number of rotatable bonds is 5. The standard InChI is InChI=1S/C21H20FN3O3/c22-16-8-6-7-15(13-16)20-23-21(28-24-20)18-11-4-5-12-25(18)19(26)14-27-17-9-2-1-3-10-17/h1-3,6-10,13,18H,4-5,11-12,14H2/t18-/m1/s1. The van der Waals surface area contributed by atoms with E-state index in [2.05, 4.69) is 10.1 Å². The maximum atomic E-state index is 13.5. The number of hydrogen-bond donors (Lipinski definition) is 0. The first kappa shape index (κ1) is 18.2. The fourth-order valence-electron chi connectivity index (χ4n) is 3.35. The van der Waals surface area contributed by atoms with Crippen LogP contribution in [0.1, 0.15) is 31.2 Å². The second kappa shape index (κ2) is 8.21. The van der Waals surface area contributed by atoms with Gasteiger partial charge in [0.1, 0.15) is 17.6 Å². The molecule has 0 bridgehead atoms. The number of piperidine rings is 1. The molecule has 0 aliphatic carbocycles. The fourth-order valence-corrected chi connectivity index (χ4v) is 3.35. The van der Waals surface area contributed by atoms with Crippen molar-refractivity contribution in [3.63, 3.8) is 0 Å². The Morgan fingerprint density at radius 1 is 1.18 bits per heavy atom. The molecule has 2 heterocycles. The van der Waals surface area contributed by atoms with E-state index < -0.39 is 0 Å². The number of aromatic nitrogens is 2. The van der Waals surface area contributed by atoms with Crippen molar-refractivity contribution in [2.45, 2.75) is 25.3 Å². The van der Waals surface area contributed by atoms with Gasteiger partial charge in [0, 0.05) is 12.1 Å². The number of hydrogen-bond acceptors (Lipinski definition) is 5. The van der Waals surface area contributed by atoms with Crippen LogP contribution in [0.4, 0.5) is 4.39 Å². The van der Waals surface area contributed by atoms with Crippen LogP contribution in [-0.4, -0.2) is 34.1 Å². The van der Waals surface area contributed by atoms with Gasteiger partial charge in [-0.25, -0.2) is 4.39 Å². The molecule has 4 rings (SSSR count). The largest absolute Gasteiger partial charge is 0.484 e. The zero-order valence-corrected chi connectivity index (χ0v) is 15.3. The predicted molar refractivity (Wildman–Crippen MR) is 99.9 cm³/mol. The van der Waals surface area contributed by atoms with Crippen LogP contribution in [0.2, 0.25) is 0 Å². The number of para-hydroxylation sites is 1. The number of ether oxygens (including phenoxy) is 1. The quantitative estimate of drug-likeness (QED) is 0.668. The molecule has 0 saturated carbocycles. The third-order valence-electron chi connectivity index (χ3n) is 4.74. The molecule has 0 unspecified atom stereocenters. The third-order valence-corrected chi connectivity index (χ3v) is 4.74. The molecule has 1 atom stereocenters. The molecule has 6 nitrogen and oxygen atoms in total. The molecule has 0 N–H and O–H groups in total. The van der Waals surface area contributed by atoms with Crippen LogP contribution in [-0.2, 0) is 4.79 Å². The summed E-state index contributed by atoms with van der Waals surface area (Å²) in [6.45, 7) is 0.560. The topological polar surface area (TPSA) is 68.5 Å². The van der Waals surface area contributed by atoms with Crippen molar-refractivity contribution in [2.75, 3.05) is 13.2 Å². The van der Waals surface area contributed by atoms with Gasteiger partial charge in [0.2, 0.25) is 11.7 Å². The molecular weight excluding hydrogens is 361 g/mol. The van der Waals surface area contributed by atoms with Gasteiger partial charge in [0.05, 0.1) is 0 Å². The molecule has 2 aromatic carbocycles. The lowest BCUT2D eigenvalue weighted by atomic mass is 10.0. The summed E-state index contributed by atoms with van der Waals surface area (Å²) in [7, 11) is 0. The number of halogens is 1. The van der Waals surface area contributed by atoms with Gasteiger partial charge in [0.15, 0.2) is 6.61 Å². The van der Waals surface area contributed by atoms with Gasteiger partial charge in [-0.1, -0.05) is 35.5 Å². The molecule has 0 spiro atoms. The van der Waals surface area contributed by atoms with Crippen molar-refractivity contribution in [2.24, 2.45) is 0 Å². The van der Waals surface area contributed by atoms with Crippen LogP contribution in [0.25, 0.3) is 11.4 Å². The highest BCUT2D eigenvalue weighted by Crippen LogP contribution is 2.31. The fraction of sp³-hybridized carbons (Fsp3) is 0.286. The second-order valence-electron chi connectivity index (χ2n) is 6.67. The molecule has 1 fully saturated rings. The number of carbonyl (C=O) groups is 1. The van der Waals surface area contributed by atoms with Gasteiger partial charge >= 0.3 is 0 Å². The molecule has 144 valence electrons. The molecule has 3 aromatic rings. The van der Waals surface area contributed by atoms with Gasteiger partial charge in [0.25, 0.3) is 5.91 Å². The van der Waals surface area contributed by atoms with E-state index in [1.807, 2.05) is 30.3 Å². The van der Waals surface area contributed by atoms with E-state index in [1.165, 1.54) is 12.1 Å². The minimum atomic E-state index is -0.364. The lowest BCUT2D eigenvalue weighted by molar-refractivity contribution is -0.138. The van der Waals surface area contributed by atoms with Crippen LogP contribution in [0, 0.1) is 5.82 Å². The first-order chi connectivity index (χ1) is 13.7. The molecular formula is C21H20FN3O3. The van der Waals surface area contributed by atoms with Gasteiger partial charge < -0.3 is 14.2 Å². The van der Waals surface area contributed by atoms with Gasteiger partial charge in [-0.15, -0.1) is 0 Å². The summed E-state index contributed by atoms with van der Waals surface area (Å²) >= 11 is 0. The molecule has 7 heteroatoms. The number of amides is 1. The number of benzene rings is 2. The monoisotopic (exact) mass is 381 g/mol. The van der Waals surface area contributed by atoms with Crippen LogP contribution in [0.5, 0.6) is 5.75 Å². The van der Waals surface area contributed by atoms with Gasteiger partial charge in [-0.3, -0.25) is 4.79 Å². The first-order valence-electron chi connectivity index (χ1n) is 9.27. The Balaban J connectivity index is 1.48. The number of nitrogens with zero attached hydrogens (tertiary/aromatic N) is 3. The van der Waals surface area contributed by atoms with Crippen molar-refractivity contribution in [3.8, 4) is 17.1 Å². The van der Waals surface area contributed by atoms with E-state index in [9.17, 15) is 9.18 Å². The smallest absolute Gasteiger partial charge is 0.261 e. The van der Waals surface area contributed by atoms with E-state index >= 15 is 0 Å². The maximum absolute atomic E-state index is 13.5. The summed E-state index contributed by atoms with van der Waals surface area (Å²) in [4.78, 5) is 18.9. The third kappa shape index (κ3) is 4.03. The minimum Gasteiger partial charge on any atom is -0.484 e. The number of carbonyl (C=O) groups excluding carboxylic acids is 1. The van der Waals surface area contributed by atoms with Crippen molar-refractivity contribution in [1.82, 2.24) is 15.0 Å².